The molecule has 1 saturated heterocycles. The van der Waals surface area contributed by atoms with Crippen LogP contribution in [0.4, 0.5) is 0 Å². The molecule has 0 spiro atoms. The Balaban J connectivity index is 1.81. The summed E-state index contributed by atoms with van der Waals surface area (Å²) >= 11 is 1.59. The van der Waals surface area contributed by atoms with E-state index < -0.39 is 0 Å². The minimum absolute atomic E-state index is 0.0376. The highest BCUT2D eigenvalue weighted by atomic mass is 32.2. The highest BCUT2D eigenvalue weighted by molar-refractivity contribution is 8.03. The first kappa shape index (κ1) is 19.9. The first-order valence-corrected chi connectivity index (χ1v) is 11.3. The van der Waals surface area contributed by atoms with Gasteiger partial charge in [-0.25, -0.2) is 0 Å². The van der Waals surface area contributed by atoms with E-state index in [0.717, 1.165) is 23.0 Å². The molecule has 6 heteroatoms. The number of Topliss-reactive ketones (excluding diaryl/α,β-unsaturated/α-hetero) is 2. The highest BCUT2D eigenvalue weighted by Crippen LogP contribution is 2.52. The van der Waals surface area contributed by atoms with Gasteiger partial charge in [0.05, 0.1) is 16.9 Å². The Kier molecular flexibility index (Phi) is 4.70. The standard InChI is InChI=1S/C25H23NO4S/c1-25(2)13-16-19(17(27)14-25)20(22(28)15-7-4-3-5-8-15)21(24-26(16)10-12-31-24)23(29)18-9-6-11-30-18/h3-9,11,28H,10,12-14H2,1-2H3. The molecule has 0 radical (unpaired) electrons. The van der Waals surface area contributed by atoms with E-state index in [1.54, 1.807) is 36.0 Å². The van der Waals surface area contributed by atoms with Crippen LogP contribution in [0.15, 0.2) is 80.6 Å². The number of ketones is 2. The lowest BCUT2D eigenvalue weighted by Gasteiger charge is -2.41. The smallest absolute Gasteiger partial charge is 0.231 e. The number of thioether (sulfide) groups is 1. The van der Waals surface area contributed by atoms with E-state index >= 15 is 0 Å². The fraction of sp³-hybridized carbons (Fsp3) is 0.280. The van der Waals surface area contributed by atoms with Gasteiger partial charge >= 0.3 is 0 Å². The van der Waals surface area contributed by atoms with Gasteiger partial charge in [-0.1, -0.05) is 44.2 Å². The van der Waals surface area contributed by atoms with Crippen molar-refractivity contribution in [2.45, 2.75) is 26.7 Å². The molecule has 3 aliphatic rings. The maximum atomic E-state index is 13.6. The van der Waals surface area contributed by atoms with Crippen LogP contribution in [0.5, 0.6) is 0 Å². The van der Waals surface area contributed by atoms with Crippen LogP contribution < -0.4 is 0 Å². The molecule has 1 aliphatic carbocycles. The monoisotopic (exact) mass is 433 g/mol. The number of aliphatic hydroxyl groups excluding tert-OH is 1. The Morgan fingerprint density at radius 1 is 1.13 bits per heavy atom. The van der Waals surface area contributed by atoms with Crippen molar-refractivity contribution in [2.24, 2.45) is 5.41 Å². The minimum atomic E-state index is -0.318. The van der Waals surface area contributed by atoms with Gasteiger partial charge in [0.25, 0.3) is 0 Å². The Labute approximate surface area is 185 Å². The Morgan fingerprint density at radius 3 is 2.61 bits per heavy atom. The molecule has 1 N–H and O–H groups in total. The SMILES string of the molecule is CC1(C)CC(=O)C2=C(C1)N1CCSC1=C(C(=O)c1ccco1)C2=C(O)c1ccccc1. The summed E-state index contributed by atoms with van der Waals surface area (Å²) in [7, 11) is 0. The molecule has 0 atom stereocenters. The van der Waals surface area contributed by atoms with Crippen LogP contribution in [-0.2, 0) is 4.79 Å². The van der Waals surface area contributed by atoms with Crippen molar-refractivity contribution in [2.75, 3.05) is 12.3 Å². The van der Waals surface area contributed by atoms with Crippen LogP contribution in [0, 0.1) is 5.41 Å². The summed E-state index contributed by atoms with van der Waals surface area (Å²) in [6.07, 6.45) is 2.54. The maximum absolute atomic E-state index is 13.6. The van der Waals surface area contributed by atoms with Crippen LogP contribution in [-0.4, -0.2) is 33.9 Å². The highest BCUT2D eigenvalue weighted by Gasteiger charge is 2.46. The third-order valence-electron chi connectivity index (χ3n) is 5.95. The molecule has 0 unspecified atom stereocenters. The normalized spacial score (nSPS) is 21.9. The zero-order valence-electron chi connectivity index (χ0n) is 17.5. The van der Waals surface area contributed by atoms with E-state index in [1.165, 1.54) is 6.26 Å². The summed E-state index contributed by atoms with van der Waals surface area (Å²) < 4.78 is 5.41. The molecule has 2 aromatic rings. The van der Waals surface area contributed by atoms with Crippen LogP contribution in [0.3, 0.4) is 0 Å². The lowest BCUT2D eigenvalue weighted by atomic mass is 9.71. The van der Waals surface area contributed by atoms with E-state index in [9.17, 15) is 14.7 Å². The summed E-state index contributed by atoms with van der Waals surface area (Å²) in [5.41, 5.74) is 2.47. The summed E-state index contributed by atoms with van der Waals surface area (Å²) in [5.74, 6) is 0.608. The molecule has 2 aliphatic heterocycles. The number of fused-ring (bicyclic) bond motifs is 2. The van der Waals surface area contributed by atoms with Crippen LogP contribution in [0.2, 0.25) is 0 Å². The molecule has 1 aromatic carbocycles. The molecule has 1 aromatic heterocycles. The van der Waals surface area contributed by atoms with Crippen molar-refractivity contribution in [3.63, 3.8) is 0 Å². The number of hydrogen-bond acceptors (Lipinski definition) is 6. The molecular weight excluding hydrogens is 410 g/mol. The van der Waals surface area contributed by atoms with Crippen molar-refractivity contribution in [1.82, 2.24) is 4.90 Å². The summed E-state index contributed by atoms with van der Waals surface area (Å²) in [6, 6.07) is 12.4. The first-order valence-electron chi connectivity index (χ1n) is 10.4. The number of allylic oxidation sites excluding steroid dienone is 4. The number of carbonyl (C=O) groups excluding carboxylic acids is 2. The number of benzene rings is 1. The van der Waals surface area contributed by atoms with E-state index in [-0.39, 0.29) is 28.5 Å². The minimum Gasteiger partial charge on any atom is -0.507 e. The molecule has 3 heterocycles. The second-order valence-electron chi connectivity index (χ2n) is 8.84. The zero-order valence-corrected chi connectivity index (χ0v) is 18.3. The van der Waals surface area contributed by atoms with Crippen molar-refractivity contribution >= 4 is 29.1 Å². The van der Waals surface area contributed by atoms with Gasteiger partial charge in [-0.3, -0.25) is 9.59 Å². The molecule has 0 amide bonds. The quantitative estimate of drug-likeness (QED) is 0.520. The van der Waals surface area contributed by atoms with Gasteiger partial charge in [0.1, 0.15) is 5.76 Å². The van der Waals surface area contributed by atoms with E-state index in [0.29, 0.717) is 35.1 Å². The topological polar surface area (TPSA) is 70.8 Å². The molecule has 1 fully saturated rings. The number of rotatable bonds is 3. The molecule has 5 rings (SSSR count). The number of hydrogen-bond donors (Lipinski definition) is 1. The van der Waals surface area contributed by atoms with Gasteiger partial charge in [-0.15, -0.1) is 11.8 Å². The van der Waals surface area contributed by atoms with Gasteiger partial charge in [0.2, 0.25) is 5.78 Å². The Bertz CT molecular complexity index is 1170. The molecule has 0 saturated carbocycles. The fourth-order valence-electron chi connectivity index (χ4n) is 4.63. The Morgan fingerprint density at radius 2 is 1.90 bits per heavy atom. The largest absolute Gasteiger partial charge is 0.507 e. The van der Waals surface area contributed by atoms with Gasteiger partial charge in [0.15, 0.2) is 11.5 Å². The third-order valence-corrected chi connectivity index (χ3v) is 7.03. The second kappa shape index (κ2) is 7.31. The van der Waals surface area contributed by atoms with Crippen molar-refractivity contribution in [3.05, 3.63) is 87.5 Å². The predicted molar refractivity (Wildman–Crippen MR) is 120 cm³/mol. The van der Waals surface area contributed by atoms with E-state index in [1.807, 2.05) is 18.2 Å². The molecule has 0 bridgehead atoms. The van der Waals surface area contributed by atoms with Crippen LogP contribution in [0.25, 0.3) is 5.76 Å². The fourth-order valence-corrected chi connectivity index (χ4v) is 5.79. The van der Waals surface area contributed by atoms with Crippen LogP contribution in [0.1, 0.15) is 42.8 Å². The lowest BCUT2D eigenvalue weighted by molar-refractivity contribution is -0.118. The number of aliphatic hydroxyl groups is 1. The molecule has 5 nitrogen and oxygen atoms in total. The summed E-state index contributed by atoms with van der Waals surface area (Å²) in [5, 5.41) is 12.2. The van der Waals surface area contributed by atoms with E-state index in [4.69, 9.17) is 4.42 Å². The predicted octanol–water partition coefficient (Wildman–Crippen LogP) is 5.35. The number of carbonyl (C=O) groups is 2. The third kappa shape index (κ3) is 3.26. The van der Waals surface area contributed by atoms with Gasteiger partial charge < -0.3 is 14.4 Å². The van der Waals surface area contributed by atoms with Crippen molar-refractivity contribution in [1.29, 1.82) is 0 Å². The van der Waals surface area contributed by atoms with Crippen molar-refractivity contribution in [3.8, 4) is 0 Å². The molecule has 158 valence electrons. The summed E-state index contributed by atoms with van der Waals surface area (Å²) in [6.45, 7) is 4.91. The maximum Gasteiger partial charge on any atom is 0.231 e. The average Bonchev–Trinajstić information content (AvgIpc) is 3.44. The van der Waals surface area contributed by atoms with Crippen molar-refractivity contribution < 1.29 is 19.1 Å². The second-order valence-corrected chi connectivity index (χ2v) is 9.92. The van der Waals surface area contributed by atoms with Gasteiger partial charge in [-0.2, -0.15) is 0 Å². The average molecular weight is 434 g/mol. The zero-order chi connectivity index (χ0) is 21.8. The number of furan rings is 1. The number of nitrogens with zero attached hydrogens (tertiary/aromatic N) is 1. The van der Waals surface area contributed by atoms with Crippen LogP contribution >= 0.6 is 11.8 Å². The molecule has 31 heavy (non-hydrogen) atoms. The summed E-state index contributed by atoms with van der Waals surface area (Å²) in [4.78, 5) is 29.1. The van der Waals surface area contributed by atoms with E-state index in [2.05, 4.69) is 18.7 Å². The Hall–Kier alpha value is -2.99. The van der Waals surface area contributed by atoms with Gasteiger partial charge in [-0.05, 0) is 24.0 Å². The lowest BCUT2D eigenvalue weighted by Crippen LogP contribution is -2.37. The first-order chi connectivity index (χ1) is 14.9. The molecular formula is C25H23NO4S. The van der Waals surface area contributed by atoms with Gasteiger partial charge in [0, 0.05) is 41.1 Å².